The van der Waals surface area contributed by atoms with Crippen molar-refractivity contribution >= 4 is 11.6 Å². The van der Waals surface area contributed by atoms with Crippen LogP contribution in [0.1, 0.15) is 17.0 Å². The lowest BCUT2D eigenvalue weighted by molar-refractivity contribution is -0.118. The van der Waals surface area contributed by atoms with E-state index in [2.05, 4.69) is 15.3 Å². The average molecular weight is 301 g/mol. The van der Waals surface area contributed by atoms with Gasteiger partial charge in [-0.2, -0.15) is 9.97 Å². The number of nitrogens with one attached hydrogen (secondary N) is 1. The largest absolute Gasteiger partial charge is 0.483 e. The molecule has 1 heterocycles. The maximum atomic E-state index is 12.0. The summed E-state index contributed by atoms with van der Waals surface area (Å²) in [6, 6.07) is 7.83. The molecule has 0 fully saturated rings. The first kappa shape index (κ1) is 15.8. The molecule has 6 heteroatoms. The van der Waals surface area contributed by atoms with Gasteiger partial charge in [0, 0.05) is 0 Å². The van der Waals surface area contributed by atoms with Crippen molar-refractivity contribution in [3.05, 3.63) is 41.2 Å². The van der Waals surface area contributed by atoms with Gasteiger partial charge in [-0.25, -0.2) is 0 Å². The summed E-state index contributed by atoms with van der Waals surface area (Å²) in [6.07, 6.45) is 0. The third-order valence-corrected chi connectivity index (χ3v) is 3.15. The van der Waals surface area contributed by atoms with E-state index in [0.717, 1.165) is 5.56 Å². The number of aryl methyl sites for hydroxylation is 3. The fourth-order valence-electron chi connectivity index (χ4n) is 1.99. The van der Waals surface area contributed by atoms with Crippen LogP contribution in [-0.4, -0.2) is 29.6 Å². The Morgan fingerprint density at radius 1 is 1.14 bits per heavy atom. The van der Waals surface area contributed by atoms with Gasteiger partial charge in [-0.1, -0.05) is 18.2 Å². The molecule has 6 nitrogen and oxygen atoms in total. The van der Waals surface area contributed by atoms with Gasteiger partial charge >= 0.3 is 6.01 Å². The molecule has 116 valence electrons. The zero-order valence-corrected chi connectivity index (χ0v) is 13.1. The van der Waals surface area contributed by atoms with Gasteiger partial charge in [-0.05, 0) is 32.4 Å². The molecule has 0 aliphatic carbocycles. The molecule has 1 aromatic heterocycles. The number of ether oxygens (including phenoxy) is 2. The summed E-state index contributed by atoms with van der Waals surface area (Å²) in [5.74, 6) is 0.431. The monoisotopic (exact) mass is 301 g/mol. The van der Waals surface area contributed by atoms with Crippen molar-refractivity contribution in [2.24, 2.45) is 0 Å². The van der Waals surface area contributed by atoms with E-state index in [4.69, 9.17) is 9.47 Å². The van der Waals surface area contributed by atoms with Crippen LogP contribution in [0.5, 0.6) is 11.8 Å². The van der Waals surface area contributed by atoms with Crippen LogP contribution in [0.25, 0.3) is 0 Å². The van der Waals surface area contributed by atoms with Crippen LogP contribution in [0.4, 0.5) is 5.69 Å². The van der Waals surface area contributed by atoms with Gasteiger partial charge in [0.05, 0.1) is 24.2 Å². The molecule has 0 unspecified atom stereocenters. The van der Waals surface area contributed by atoms with Gasteiger partial charge in [-0.15, -0.1) is 0 Å². The molecule has 0 spiro atoms. The Hall–Kier alpha value is -2.63. The number of aromatic nitrogens is 2. The van der Waals surface area contributed by atoms with Crippen LogP contribution in [0.3, 0.4) is 0 Å². The standard InChI is InChI=1S/C16H19N3O3/c1-10-7-5-6-8-13(10)22-9-14(20)19-15-11(2)17-16(21-4)18-12(15)3/h5-8H,9H2,1-4H3,(H,19,20). The number of rotatable bonds is 5. The number of nitrogens with zero attached hydrogens (tertiary/aromatic N) is 2. The normalized spacial score (nSPS) is 10.2. The molecule has 0 saturated carbocycles. The Morgan fingerprint density at radius 3 is 2.36 bits per heavy atom. The zero-order chi connectivity index (χ0) is 16.1. The highest BCUT2D eigenvalue weighted by atomic mass is 16.5. The molecule has 1 aromatic carbocycles. The molecule has 0 aliphatic rings. The average Bonchev–Trinajstić information content (AvgIpc) is 2.49. The van der Waals surface area contributed by atoms with Crippen molar-refractivity contribution in [1.29, 1.82) is 0 Å². The lowest BCUT2D eigenvalue weighted by Crippen LogP contribution is -2.22. The van der Waals surface area contributed by atoms with E-state index >= 15 is 0 Å². The fraction of sp³-hybridized carbons (Fsp3) is 0.312. The Bertz CT molecular complexity index is 663. The van der Waals surface area contributed by atoms with Gasteiger partial charge in [0.1, 0.15) is 5.75 Å². The molecule has 2 rings (SSSR count). The van der Waals surface area contributed by atoms with Gasteiger partial charge in [0.2, 0.25) is 0 Å². The molecule has 0 aliphatic heterocycles. The highest BCUT2D eigenvalue weighted by molar-refractivity contribution is 5.92. The molecule has 2 aromatic rings. The Morgan fingerprint density at radius 2 is 1.77 bits per heavy atom. The minimum absolute atomic E-state index is 0.0736. The Labute approximate surface area is 129 Å². The molecule has 0 atom stereocenters. The molecule has 1 N–H and O–H groups in total. The molecule has 1 amide bonds. The highest BCUT2D eigenvalue weighted by Crippen LogP contribution is 2.20. The van der Waals surface area contributed by atoms with Crippen molar-refractivity contribution in [1.82, 2.24) is 9.97 Å². The number of methoxy groups -OCH3 is 1. The van der Waals surface area contributed by atoms with Gasteiger partial charge in [-0.3, -0.25) is 4.79 Å². The van der Waals surface area contributed by atoms with Crippen molar-refractivity contribution in [2.75, 3.05) is 19.0 Å². The smallest absolute Gasteiger partial charge is 0.316 e. The topological polar surface area (TPSA) is 73.3 Å². The predicted octanol–water partition coefficient (Wildman–Crippen LogP) is 2.43. The number of benzene rings is 1. The van der Waals surface area contributed by atoms with E-state index in [1.54, 1.807) is 13.8 Å². The Balaban J connectivity index is 2.02. The highest BCUT2D eigenvalue weighted by Gasteiger charge is 2.12. The van der Waals surface area contributed by atoms with E-state index < -0.39 is 0 Å². The van der Waals surface area contributed by atoms with Crippen molar-refractivity contribution < 1.29 is 14.3 Å². The van der Waals surface area contributed by atoms with Crippen molar-refractivity contribution in [3.63, 3.8) is 0 Å². The summed E-state index contributed by atoms with van der Waals surface area (Å²) in [4.78, 5) is 20.3. The molecule has 0 bridgehead atoms. The van der Waals surface area contributed by atoms with Crippen LogP contribution in [-0.2, 0) is 4.79 Å². The minimum Gasteiger partial charge on any atom is -0.483 e. The predicted molar refractivity (Wildman–Crippen MR) is 83.4 cm³/mol. The van der Waals surface area contributed by atoms with E-state index in [1.165, 1.54) is 7.11 Å². The Kier molecular flexibility index (Phi) is 4.93. The second-order valence-electron chi connectivity index (χ2n) is 4.86. The molecular formula is C16H19N3O3. The van der Waals surface area contributed by atoms with Gasteiger partial charge in [0.25, 0.3) is 5.91 Å². The third-order valence-electron chi connectivity index (χ3n) is 3.15. The molecule has 0 radical (unpaired) electrons. The lowest BCUT2D eigenvalue weighted by atomic mass is 10.2. The zero-order valence-electron chi connectivity index (χ0n) is 13.1. The maximum Gasteiger partial charge on any atom is 0.316 e. The van der Waals surface area contributed by atoms with Crippen LogP contribution in [0.15, 0.2) is 24.3 Å². The SMILES string of the molecule is COc1nc(C)c(NC(=O)COc2ccccc2C)c(C)n1. The van der Waals surface area contributed by atoms with E-state index in [9.17, 15) is 4.79 Å². The number of para-hydroxylation sites is 1. The number of hydrogen-bond acceptors (Lipinski definition) is 5. The summed E-state index contributed by atoms with van der Waals surface area (Å²) >= 11 is 0. The van der Waals surface area contributed by atoms with Crippen LogP contribution < -0.4 is 14.8 Å². The first-order chi connectivity index (χ1) is 10.5. The van der Waals surface area contributed by atoms with E-state index in [1.807, 2.05) is 31.2 Å². The number of amides is 1. The number of anilines is 1. The summed E-state index contributed by atoms with van der Waals surface area (Å²) in [6.45, 7) is 5.43. The van der Waals surface area contributed by atoms with Gasteiger partial charge in [0.15, 0.2) is 6.61 Å². The lowest BCUT2D eigenvalue weighted by Gasteiger charge is -2.12. The second-order valence-corrected chi connectivity index (χ2v) is 4.86. The number of hydrogen-bond donors (Lipinski definition) is 1. The second kappa shape index (κ2) is 6.89. The van der Waals surface area contributed by atoms with E-state index in [-0.39, 0.29) is 18.5 Å². The first-order valence-electron chi connectivity index (χ1n) is 6.88. The summed E-state index contributed by atoms with van der Waals surface area (Å²) in [7, 11) is 1.50. The van der Waals surface area contributed by atoms with Crippen molar-refractivity contribution in [3.8, 4) is 11.8 Å². The third kappa shape index (κ3) is 3.72. The number of carbonyl (C=O) groups excluding carboxylic acids is 1. The van der Waals surface area contributed by atoms with Crippen LogP contribution >= 0.6 is 0 Å². The van der Waals surface area contributed by atoms with E-state index in [0.29, 0.717) is 22.8 Å². The fourth-order valence-corrected chi connectivity index (χ4v) is 1.99. The molecule has 0 saturated heterocycles. The van der Waals surface area contributed by atoms with Crippen molar-refractivity contribution in [2.45, 2.75) is 20.8 Å². The molecular weight excluding hydrogens is 282 g/mol. The van der Waals surface area contributed by atoms with Gasteiger partial charge < -0.3 is 14.8 Å². The quantitative estimate of drug-likeness (QED) is 0.918. The minimum atomic E-state index is -0.261. The summed E-state index contributed by atoms with van der Waals surface area (Å²) in [5.41, 5.74) is 2.86. The summed E-state index contributed by atoms with van der Waals surface area (Å²) < 4.78 is 10.5. The number of carbonyl (C=O) groups is 1. The molecule has 22 heavy (non-hydrogen) atoms. The van der Waals surface area contributed by atoms with Crippen LogP contribution in [0.2, 0.25) is 0 Å². The first-order valence-corrected chi connectivity index (χ1v) is 6.88. The van der Waals surface area contributed by atoms with Crippen LogP contribution in [0, 0.1) is 20.8 Å². The maximum absolute atomic E-state index is 12.0. The summed E-state index contributed by atoms with van der Waals surface area (Å²) in [5, 5.41) is 2.78.